The summed E-state index contributed by atoms with van der Waals surface area (Å²) >= 11 is 1.35. The Morgan fingerprint density at radius 2 is 1.82 bits per heavy atom. The van der Waals surface area contributed by atoms with Crippen molar-refractivity contribution >= 4 is 41.7 Å². The average molecular weight is 497 g/mol. The van der Waals surface area contributed by atoms with E-state index >= 15 is 0 Å². The first-order valence-corrected chi connectivity index (χ1v) is 11.6. The minimum atomic E-state index is -1.04. The van der Waals surface area contributed by atoms with E-state index in [4.69, 9.17) is 19.3 Å². The molecule has 1 unspecified atom stereocenters. The molecule has 12 heteroatoms. The monoisotopic (exact) mass is 496 g/mol. The van der Waals surface area contributed by atoms with Crippen molar-refractivity contribution < 1.29 is 43.3 Å². The summed E-state index contributed by atoms with van der Waals surface area (Å²) < 4.78 is 15.6. The van der Waals surface area contributed by atoms with Gasteiger partial charge in [0.15, 0.2) is 6.29 Å². The number of amides is 3. The summed E-state index contributed by atoms with van der Waals surface area (Å²) in [7, 11) is 1.48. The van der Waals surface area contributed by atoms with Crippen molar-refractivity contribution in [1.82, 2.24) is 10.2 Å². The van der Waals surface area contributed by atoms with Crippen LogP contribution in [0.15, 0.2) is 23.1 Å². The van der Waals surface area contributed by atoms with Gasteiger partial charge in [-0.05, 0) is 12.5 Å². The Morgan fingerprint density at radius 3 is 2.47 bits per heavy atom. The van der Waals surface area contributed by atoms with Gasteiger partial charge >= 0.3 is 5.97 Å². The molecule has 1 aliphatic rings. The number of carbonyl (C=O) groups is 5. The molecule has 1 saturated heterocycles. The average Bonchev–Trinajstić information content (AvgIpc) is 2.81. The van der Waals surface area contributed by atoms with E-state index in [2.05, 4.69) is 5.32 Å². The first-order valence-electron chi connectivity index (χ1n) is 10.6. The molecule has 0 radical (unpaired) electrons. The van der Waals surface area contributed by atoms with Gasteiger partial charge in [-0.1, -0.05) is 12.1 Å². The minimum Gasteiger partial charge on any atom is -0.480 e. The van der Waals surface area contributed by atoms with Crippen LogP contribution in [0.3, 0.4) is 0 Å². The molecule has 1 aliphatic heterocycles. The van der Waals surface area contributed by atoms with Crippen LogP contribution >= 0.6 is 11.8 Å². The highest BCUT2D eigenvalue weighted by molar-refractivity contribution is 7.99. The lowest BCUT2D eigenvalue weighted by Gasteiger charge is -2.30. The number of aldehydes is 1. The second-order valence-corrected chi connectivity index (χ2v) is 8.38. The molecular formula is C22H28N2O9S. The number of piperidine rings is 1. The van der Waals surface area contributed by atoms with Crippen molar-refractivity contribution in [1.29, 1.82) is 0 Å². The van der Waals surface area contributed by atoms with Crippen LogP contribution in [-0.4, -0.2) is 98.5 Å². The van der Waals surface area contributed by atoms with Crippen LogP contribution in [0.25, 0.3) is 0 Å². The molecule has 1 aromatic rings. The molecular weight excluding hydrogens is 468 g/mol. The number of carboxylic acid groups (broad SMARTS) is 1. The molecule has 0 spiro atoms. The minimum absolute atomic E-state index is 0.140. The third kappa shape index (κ3) is 8.52. The highest BCUT2D eigenvalue weighted by Crippen LogP contribution is 2.27. The summed E-state index contributed by atoms with van der Waals surface area (Å²) in [5, 5.41) is 10.7. The van der Waals surface area contributed by atoms with Gasteiger partial charge in [0, 0.05) is 29.7 Å². The van der Waals surface area contributed by atoms with Gasteiger partial charge in [-0.3, -0.25) is 24.5 Å². The summed E-state index contributed by atoms with van der Waals surface area (Å²) in [5.74, 6) is -1.91. The van der Waals surface area contributed by atoms with Crippen LogP contribution in [0, 0.1) is 0 Å². The summed E-state index contributed by atoms with van der Waals surface area (Å²) in [6, 6.07) is 4.15. The smallest absolute Gasteiger partial charge is 0.329 e. The first kappa shape index (κ1) is 27.4. The number of thioether (sulfide) groups is 1. The second-order valence-electron chi connectivity index (χ2n) is 7.24. The zero-order valence-corrected chi connectivity index (χ0v) is 19.6. The molecule has 34 heavy (non-hydrogen) atoms. The van der Waals surface area contributed by atoms with E-state index in [1.165, 1.54) is 29.8 Å². The van der Waals surface area contributed by atoms with Crippen LogP contribution in [0.4, 0.5) is 0 Å². The van der Waals surface area contributed by atoms with Crippen molar-refractivity contribution in [2.75, 3.05) is 52.4 Å². The van der Waals surface area contributed by atoms with E-state index in [-0.39, 0.29) is 49.7 Å². The molecule has 0 aromatic heterocycles. The maximum absolute atomic E-state index is 13.2. The Kier molecular flexibility index (Phi) is 11.7. The van der Waals surface area contributed by atoms with E-state index < -0.39 is 23.8 Å². The number of hydrogen-bond donors (Lipinski definition) is 2. The molecule has 1 atom stereocenters. The number of carbonyl (C=O) groups excluding carboxylic acids is 4. The predicted octanol–water partition coefficient (Wildman–Crippen LogP) is 0.603. The van der Waals surface area contributed by atoms with Crippen LogP contribution in [0.2, 0.25) is 0 Å². The standard InChI is InChI=1S/C22H28N2O9S/c1-24(16-5-6-18(26)23-21(16)29)22(30)20-15(13-25)3-2-4-17(20)34-12-11-32-8-7-31-9-10-33-14-19(27)28/h2-4,13,16H,5-12,14H2,1H3,(H,27,28)(H,23,26,29). The number of nitrogens with one attached hydrogen (secondary N) is 1. The van der Waals surface area contributed by atoms with Gasteiger partial charge in [-0.15, -0.1) is 11.8 Å². The highest BCUT2D eigenvalue weighted by atomic mass is 32.2. The molecule has 1 aromatic carbocycles. The fourth-order valence-electron chi connectivity index (χ4n) is 3.17. The Bertz CT molecular complexity index is 893. The number of hydrogen-bond acceptors (Lipinski definition) is 9. The van der Waals surface area contributed by atoms with Crippen LogP contribution < -0.4 is 5.32 Å². The number of nitrogens with zero attached hydrogens (tertiary/aromatic N) is 1. The Morgan fingerprint density at radius 1 is 1.15 bits per heavy atom. The van der Waals surface area contributed by atoms with Crippen molar-refractivity contribution in [3.8, 4) is 0 Å². The van der Waals surface area contributed by atoms with Crippen molar-refractivity contribution in [2.24, 2.45) is 0 Å². The van der Waals surface area contributed by atoms with Crippen molar-refractivity contribution in [3.63, 3.8) is 0 Å². The molecule has 11 nitrogen and oxygen atoms in total. The topological polar surface area (TPSA) is 149 Å². The van der Waals surface area contributed by atoms with Crippen LogP contribution in [-0.2, 0) is 28.6 Å². The van der Waals surface area contributed by atoms with Gasteiger partial charge in [0.05, 0.1) is 38.6 Å². The lowest BCUT2D eigenvalue weighted by Crippen LogP contribution is -2.53. The van der Waals surface area contributed by atoms with Crippen LogP contribution in [0.5, 0.6) is 0 Å². The first-order chi connectivity index (χ1) is 16.3. The van der Waals surface area contributed by atoms with E-state index in [9.17, 15) is 24.0 Å². The number of likely N-dealkylation sites (N-methyl/N-ethyl adjacent to an activating group) is 1. The molecule has 0 aliphatic carbocycles. The maximum atomic E-state index is 13.2. The molecule has 1 heterocycles. The van der Waals surface area contributed by atoms with Gasteiger partial charge in [0.25, 0.3) is 5.91 Å². The van der Waals surface area contributed by atoms with E-state index in [1.807, 2.05) is 0 Å². The third-order valence-electron chi connectivity index (χ3n) is 4.85. The van der Waals surface area contributed by atoms with Gasteiger partial charge in [0.2, 0.25) is 11.8 Å². The van der Waals surface area contributed by atoms with Gasteiger partial charge in [-0.25, -0.2) is 4.79 Å². The van der Waals surface area contributed by atoms with E-state index in [0.29, 0.717) is 36.8 Å². The fourth-order valence-corrected chi connectivity index (χ4v) is 4.12. The predicted molar refractivity (Wildman–Crippen MR) is 121 cm³/mol. The normalized spacial score (nSPS) is 15.6. The van der Waals surface area contributed by atoms with Gasteiger partial charge in [-0.2, -0.15) is 0 Å². The number of imide groups is 1. The summed E-state index contributed by atoms with van der Waals surface area (Å²) in [4.78, 5) is 60.5. The summed E-state index contributed by atoms with van der Waals surface area (Å²) in [6.07, 6.45) is 0.964. The summed E-state index contributed by atoms with van der Waals surface area (Å²) in [5.41, 5.74) is 0.424. The number of benzene rings is 1. The number of carboxylic acids is 1. The van der Waals surface area contributed by atoms with Gasteiger partial charge < -0.3 is 24.2 Å². The quantitative estimate of drug-likeness (QED) is 0.153. The lowest BCUT2D eigenvalue weighted by atomic mass is 10.0. The van der Waals surface area contributed by atoms with Crippen molar-refractivity contribution in [3.05, 3.63) is 29.3 Å². The third-order valence-corrected chi connectivity index (χ3v) is 5.87. The largest absolute Gasteiger partial charge is 0.480 e. The summed E-state index contributed by atoms with van der Waals surface area (Å²) in [6.45, 7) is 1.09. The molecule has 186 valence electrons. The van der Waals surface area contributed by atoms with Gasteiger partial charge in [0.1, 0.15) is 12.6 Å². The maximum Gasteiger partial charge on any atom is 0.329 e. The zero-order chi connectivity index (χ0) is 24.9. The number of aliphatic carboxylic acids is 1. The van der Waals surface area contributed by atoms with Crippen LogP contribution in [0.1, 0.15) is 33.6 Å². The number of ether oxygens (including phenoxy) is 3. The fraction of sp³-hybridized carbons (Fsp3) is 0.500. The lowest BCUT2D eigenvalue weighted by molar-refractivity contribution is -0.143. The van der Waals surface area contributed by atoms with E-state index in [0.717, 1.165) is 0 Å². The van der Waals surface area contributed by atoms with E-state index in [1.54, 1.807) is 12.1 Å². The Balaban J connectivity index is 1.83. The second kappa shape index (κ2) is 14.5. The number of rotatable bonds is 15. The molecule has 0 bridgehead atoms. The Labute approximate surface area is 201 Å². The molecule has 3 amide bonds. The zero-order valence-electron chi connectivity index (χ0n) is 18.8. The molecule has 2 N–H and O–H groups in total. The molecule has 1 fully saturated rings. The SMILES string of the molecule is CN(C(=O)c1c(C=O)cccc1SCCOCCOCCOCC(=O)O)C1CCC(=O)NC1=O. The molecule has 2 rings (SSSR count). The molecule has 0 saturated carbocycles. The van der Waals surface area contributed by atoms with Crippen molar-refractivity contribution in [2.45, 2.75) is 23.8 Å². The highest BCUT2D eigenvalue weighted by Gasteiger charge is 2.34. The Hall–Kier alpha value is -2.80.